The lowest BCUT2D eigenvalue weighted by molar-refractivity contribution is -0.385. The number of nitrogens with one attached hydrogen (secondary N) is 4. The molecular formula is C114H115N15O17S4. The second-order valence-corrected chi connectivity index (χ2v) is 47.6. The van der Waals surface area contributed by atoms with E-state index in [0.717, 1.165) is 139 Å². The molecule has 12 fully saturated rings. The molecule has 32 nitrogen and oxygen atoms in total. The lowest BCUT2D eigenvalue weighted by atomic mass is 9.47. The van der Waals surface area contributed by atoms with Gasteiger partial charge in [-0.1, -0.05) is 152 Å². The van der Waals surface area contributed by atoms with Gasteiger partial charge in [-0.25, -0.2) is 9.88 Å². The van der Waals surface area contributed by atoms with Crippen LogP contribution >= 0.6 is 47.5 Å². The minimum absolute atomic E-state index is 0.00144. The number of nitrogens with zero attached hydrogens (tertiary/aromatic N) is 11. The monoisotopic (exact) mass is 2090 g/mol. The Morgan fingerprint density at radius 3 is 1.59 bits per heavy atom. The number of aliphatic hydroxyl groups is 1. The SMILES string of the molecule is C=C1CCC(N2C(=O)c3cccc([N+](=O)[O-])c3C2=O)C(=O)N1.C=C1CCC(N2C(=O)c3cccc([N+](=O)[O-])c3C2=O)C(=S)N1.CC(C)Nc1ccc2c(c1)C(=O)N(C1CC=CNC1=O)C2.CC(N1Cc2ccccc2C1=S)C12CC3CC(CC(C3)C1)C2.C[C@@H]1N2C(=O)[C@@H](N3Cc4ccccc4C3=O)[C@H]2SC1(C)C.Cc1ccc2nc(N3C(=O)c4ccccc4C3=O)sc2c1.O=C1c2ccccc2CN1C12CC3CC(CC(O)(C3)C1)C2. The van der Waals surface area contributed by atoms with Crippen LogP contribution in [0.3, 0.4) is 0 Å². The highest BCUT2D eigenvalue weighted by Gasteiger charge is 2.65. The maximum Gasteiger partial charge on any atom is 0.282 e. The number of β-lactam (4-membered cyclic amide) rings is 1. The van der Waals surface area contributed by atoms with Gasteiger partial charge in [-0.05, 0) is 287 Å². The predicted octanol–water partition coefficient (Wildman–Crippen LogP) is 17.6. The van der Waals surface area contributed by atoms with Crippen molar-refractivity contribution in [2.45, 2.75) is 247 Å². The van der Waals surface area contributed by atoms with Gasteiger partial charge in [-0.2, -0.15) is 0 Å². The predicted molar refractivity (Wildman–Crippen MR) is 572 cm³/mol. The van der Waals surface area contributed by atoms with Crippen LogP contribution in [-0.2, 0) is 40.6 Å². The normalized spacial score (nSPS) is 27.6. The summed E-state index contributed by atoms with van der Waals surface area (Å²) in [7, 11) is 0. The molecule has 8 saturated carbocycles. The maximum atomic E-state index is 12.9. The Labute approximate surface area is 885 Å². The van der Waals surface area contributed by atoms with Crippen LogP contribution in [0.2, 0.25) is 0 Å². The molecule has 8 bridgehead atoms. The summed E-state index contributed by atoms with van der Waals surface area (Å²) in [5.41, 5.74) is 12.0. The summed E-state index contributed by atoms with van der Waals surface area (Å²) in [5.74, 6) is 0.602. The molecule has 4 saturated heterocycles. The van der Waals surface area contributed by atoms with Crippen molar-refractivity contribution >= 4 is 161 Å². The van der Waals surface area contributed by atoms with Gasteiger partial charge in [0, 0.05) is 106 Å². The van der Waals surface area contributed by atoms with E-state index in [-0.39, 0.29) is 103 Å². The minimum Gasteiger partial charge on any atom is -0.390 e. The average Bonchev–Trinajstić information content (AvgIpc) is 1.26. The van der Waals surface area contributed by atoms with Gasteiger partial charge in [0.05, 0.1) is 54.0 Å². The fourth-order valence-corrected chi connectivity index (χ4v) is 30.6. The standard InChI is InChI=1S/C20H25NS.C18H21NO2.C16H19N3O2.C16H18N2O2S.C16H10N2O2S.C14H11N3O5.C14H11N3O4S/c1-13(21-12-17-4-2-3-5-18(17)19(21)22)20-9-14-6-15(10-20)8-16(7-14)11-20;20-16-15-4-2-1-3-14(15)10-19(16)17-6-12-5-13(7-17)9-18(21,8-12)11-17;1-10(2)18-12-6-5-11-9-19(16(21)13(11)8-12)14-4-3-7-17-15(14)20;1-9-16(2,3)21-15-12(14(20)18(9)15)17-8-10-6-4-5-7-11(10)13(17)19;1-9-6-7-12-13(8-9)21-16(17-12)18-14(19)10-4-2-3-5-11(10)15(18)20;1-7-5-6-10(12(18)15-7)16-13(19)8-3-2-4-9(17(21)22)11(8)14(16)20;1-7-5-6-10(12(22)15-7)16-13(18)8-3-2-4-9(17(20)21)11(8)14(16)19/h2-5,13-16H,6-12H2,1H3;1-4,12-13,21H,5-11H2;3,5-8,10,14,18H,4,9H2,1-2H3,(H,17,20);4-7,9,12,15H,8H2,1-3H3;2-8H,1H3;2-4,10H,1,5-6H2,(H,15,18);2-4,10H,1,5-6H2,(H,15,22)/t;;;9-,12+,15+;;;/m...0.../s1. The highest BCUT2D eigenvalue weighted by molar-refractivity contribution is 8.01. The van der Waals surface area contributed by atoms with Crippen molar-refractivity contribution in [2.75, 3.05) is 10.2 Å². The summed E-state index contributed by atoms with van der Waals surface area (Å²) in [6.45, 7) is 25.3. The van der Waals surface area contributed by atoms with Crippen LogP contribution in [0, 0.1) is 62.2 Å². The number of carbonyl (C=O) groups is 12. The third-order valence-corrected chi connectivity index (χ3v) is 37.1. The maximum absolute atomic E-state index is 12.9. The van der Waals surface area contributed by atoms with Crippen molar-refractivity contribution in [1.29, 1.82) is 0 Å². The van der Waals surface area contributed by atoms with Gasteiger partial charge in [0.2, 0.25) is 22.9 Å². The zero-order valence-corrected chi connectivity index (χ0v) is 87.4. The largest absolute Gasteiger partial charge is 0.390 e. The highest BCUT2D eigenvalue weighted by atomic mass is 32.2. The summed E-state index contributed by atoms with van der Waals surface area (Å²) < 4.78 is 1.02. The zero-order valence-electron chi connectivity index (χ0n) is 84.1. The molecule has 36 heteroatoms. The van der Waals surface area contributed by atoms with E-state index in [2.05, 4.69) is 121 Å². The molecule has 29 rings (SSSR count). The third kappa shape index (κ3) is 18.1. The van der Waals surface area contributed by atoms with Crippen LogP contribution in [-0.4, -0.2) is 199 Å². The number of amides is 12. The number of hydrogen-bond donors (Lipinski definition) is 5. The van der Waals surface area contributed by atoms with Crippen LogP contribution in [0.4, 0.5) is 22.2 Å². The van der Waals surface area contributed by atoms with E-state index in [1.807, 2.05) is 109 Å². The Morgan fingerprint density at radius 2 is 1.04 bits per heavy atom. The number of benzene rings is 8. The fourth-order valence-electron chi connectivity index (χ4n) is 27.0. The zero-order chi connectivity index (χ0) is 106. The number of thioether (sulfide) groups is 1. The molecule has 772 valence electrons. The smallest absolute Gasteiger partial charge is 0.282 e. The number of aromatic nitrogens is 1. The van der Waals surface area contributed by atoms with E-state index in [1.165, 1.54) is 103 Å². The minimum atomic E-state index is -0.975. The van der Waals surface area contributed by atoms with E-state index in [1.54, 1.807) is 40.3 Å². The number of thiazole rings is 1. The van der Waals surface area contributed by atoms with Gasteiger partial charge in [0.25, 0.3) is 64.5 Å². The number of rotatable bonds is 12. The van der Waals surface area contributed by atoms with E-state index >= 15 is 0 Å². The highest BCUT2D eigenvalue weighted by Crippen LogP contribution is 2.64. The average molecular weight is 2100 g/mol. The molecule has 0 spiro atoms. The first-order valence-electron chi connectivity index (χ1n) is 51.4. The first-order chi connectivity index (χ1) is 71.7. The summed E-state index contributed by atoms with van der Waals surface area (Å²) in [6, 6.07) is 49.7. The number of anilines is 2. The number of thiocarbonyl (C=S) groups is 2. The lowest BCUT2D eigenvalue weighted by Gasteiger charge is -2.62. The quantitative estimate of drug-likeness (QED) is 0.0249. The Balaban J connectivity index is 0.000000102. The summed E-state index contributed by atoms with van der Waals surface area (Å²) in [6.07, 6.45) is 21.0. The van der Waals surface area contributed by atoms with Gasteiger partial charge in [-0.3, -0.25) is 87.6 Å². The van der Waals surface area contributed by atoms with Crippen LogP contribution in [0.5, 0.6) is 0 Å². The van der Waals surface area contributed by atoms with Crippen LogP contribution in [0.25, 0.3) is 10.2 Å². The molecule has 13 heterocycles. The van der Waals surface area contributed by atoms with E-state index in [4.69, 9.17) is 24.4 Å². The second kappa shape index (κ2) is 39.3. The van der Waals surface area contributed by atoms with Gasteiger partial charge in [-0.15, -0.1) is 11.8 Å². The third-order valence-electron chi connectivity index (χ3n) is 33.6. The van der Waals surface area contributed by atoms with E-state index in [9.17, 15) is 82.9 Å². The molecule has 20 aliphatic rings. The summed E-state index contributed by atoms with van der Waals surface area (Å²) >= 11 is 14.2. The van der Waals surface area contributed by atoms with E-state index in [0.29, 0.717) is 101 Å². The number of nitro benzene ring substituents is 2. The molecule has 8 aliphatic carbocycles. The molecule has 1 aromatic heterocycles. The lowest BCUT2D eigenvalue weighted by Crippen LogP contribution is -2.69. The molecule has 150 heavy (non-hydrogen) atoms. The number of fused-ring (bicyclic) bond motifs is 9. The number of piperidine rings is 2. The first kappa shape index (κ1) is 102. The fraction of sp³-hybridized carbons (Fsp3) is 0.395. The number of nitro groups is 2. The molecule has 0 radical (unpaired) electrons. The molecule has 6 unspecified atom stereocenters. The topological polar surface area (TPSA) is 398 Å². The Morgan fingerprint density at radius 1 is 0.527 bits per heavy atom. The molecule has 9 aromatic rings. The number of allylic oxidation sites excluding steroid dienone is 2. The van der Waals surface area contributed by atoms with Crippen molar-refractivity contribution in [3.8, 4) is 0 Å². The second-order valence-electron chi connectivity index (χ2n) is 44.0. The molecule has 5 N–H and O–H groups in total. The molecule has 12 aliphatic heterocycles. The molecular weight excluding hydrogens is 1980 g/mol. The van der Waals surface area contributed by atoms with Crippen LogP contribution < -0.4 is 26.2 Å². The van der Waals surface area contributed by atoms with Crippen molar-refractivity contribution < 1.29 is 72.5 Å². The number of hydrogen-bond acceptors (Lipinski definition) is 23. The Hall–Kier alpha value is -14.2. The van der Waals surface area contributed by atoms with Crippen LogP contribution in [0.1, 0.15) is 277 Å². The van der Waals surface area contributed by atoms with Gasteiger partial charge in [0.15, 0.2) is 0 Å². The van der Waals surface area contributed by atoms with Gasteiger partial charge in [0.1, 0.15) is 44.6 Å². The number of imide groups is 3. The molecule has 12 amide bonds. The molecule has 8 aromatic carbocycles. The van der Waals surface area contributed by atoms with Gasteiger partial charge < -0.3 is 50.9 Å². The van der Waals surface area contributed by atoms with Crippen molar-refractivity contribution in [3.63, 3.8) is 0 Å². The van der Waals surface area contributed by atoms with E-state index < -0.39 is 68.8 Å². The number of carbonyl (C=O) groups excluding carboxylic acids is 12. The summed E-state index contributed by atoms with van der Waals surface area (Å²) in [5, 5.41) is 44.9. The Bertz CT molecular complexity index is 7160. The Kier molecular flexibility index (Phi) is 26.6. The first-order valence-corrected chi connectivity index (χ1v) is 53.9. The van der Waals surface area contributed by atoms with Gasteiger partial charge >= 0.3 is 0 Å². The molecule has 9 atom stereocenters. The van der Waals surface area contributed by atoms with Crippen molar-refractivity contribution in [2.24, 2.45) is 35.0 Å². The van der Waals surface area contributed by atoms with Crippen LogP contribution in [0.15, 0.2) is 207 Å². The van der Waals surface area contributed by atoms with Crippen molar-refractivity contribution in [1.82, 2.24) is 55.2 Å². The number of aryl methyl sites for hydroxylation is 1. The van der Waals surface area contributed by atoms with Crippen molar-refractivity contribution in [3.05, 3.63) is 310 Å². The summed E-state index contributed by atoms with van der Waals surface area (Å²) in [4.78, 5) is 189.